The van der Waals surface area contributed by atoms with Crippen LogP contribution < -0.4 is 14.6 Å². The number of carbonyl (C=O) groups excluding carboxylic acids is 1. The van der Waals surface area contributed by atoms with E-state index in [-0.39, 0.29) is 23.6 Å². The molecule has 0 spiro atoms. The van der Waals surface area contributed by atoms with Crippen molar-refractivity contribution in [2.75, 3.05) is 6.61 Å². The zero-order chi connectivity index (χ0) is 17.7. The van der Waals surface area contributed by atoms with Crippen LogP contribution in [0.5, 0.6) is 11.5 Å². The molecule has 0 bridgehead atoms. The molecule has 2 aromatic carbocycles. The van der Waals surface area contributed by atoms with E-state index in [1.807, 2.05) is 0 Å². The van der Waals surface area contributed by atoms with Gasteiger partial charge in [-0.3, -0.25) is 10.1 Å². The maximum absolute atomic E-state index is 11.0. The van der Waals surface area contributed by atoms with Crippen LogP contribution in [0.15, 0.2) is 40.9 Å². The Labute approximate surface area is 146 Å². The Bertz CT molecular complexity index is 760. The van der Waals surface area contributed by atoms with Crippen molar-refractivity contribution in [3.05, 3.63) is 62.1 Å². The number of carboxylic acids is 1. The van der Waals surface area contributed by atoms with Gasteiger partial charge in [0.15, 0.2) is 11.5 Å². The number of hydrogen-bond acceptors (Lipinski definition) is 6. The molecular formula is C16H13BrNO6-. The molecule has 0 N–H and O–H groups in total. The largest absolute Gasteiger partial charge is 0.545 e. The second-order valence-electron chi connectivity index (χ2n) is 4.72. The molecule has 0 atom stereocenters. The van der Waals surface area contributed by atoms with Gasteiger partial charge in [0.25, 0.3) is 5.69 Å². The molecule has 2 rings (SSSR count). The molecule has 8 heteroatoms. The van der Waals surface area contributed by atoms with Gasteiger partial charge >= 0.3 is 0 Å². The number of aromatic carboxylic acids is 1. The zero-order valence-corrected chi connectivity index (χ0v) is 14.2. The molecule has 0 heterocycles. The van der Waals surface area contributed by atoms with Crippen LogP contribution in [0.1, 0.15) is 22.8 Å². The van der Waals surface area contributed by atoms with Crippen molar-refractivity contribution in [2.24, 2.45) is 0 Å². The van der Waals surface area contributed by atoms with Gasteiger partial charge in [-0.2, -0.15) is 0 Å². The average Bonchev–Trinajstić information content (AvgIpc) is 2.54. The number of halogens is 1. The van der Waals surface area contributed by atoms with E-state index in [0.717, 1.165) is 5.56 Å². The molecule has 0 saturated heterocycles. The zero-order valence-electron chi connectivity index (χ0n) is 12.7. The molecule has 0 fully saturated rings. The van der Waals surface area contributed by atoms with Crippen LogP contribution in [-0.4, -0.2) is 17.5 Å². The number of nitrogens with zero attached hydrogens (tertiary/aromatic N) is 1. The van der Waals surface area contributed by atoms with Gasteiger partial charge in [-0.05, 0) is 52.7 Å². The highest BCUT2D eigenvalue weighted by Gasteiger charge is 2.13. The smallest absolute Gasteiger partial charge is 0.269 e. The number of nitro groups is 1. The lowest BCUT2D eigenvalue weighted by Gasteiger charge is -2.16. The average molecular weight is 395 g/mol. The summed E-state index contributed by atoms with van der Waals surface area (Å²) in [5.74, 6) is -0.702. The van der Waals surface area contributed by atoms with Crippen molar-refractivity contribution >= 4 is 27.6 Å². The van der Waals surface area contributed by atoms with Gasteiger partial charge in [0.2, 0.25) is 0 Å². The summed E-state index contributed by atoms with van der Waals surface area (Å²) in [5, 5.41) is 21.6. The Kier molecular flexibility index (Phi) is 5.75. The maximum Gasteiger partial charge on any atom is 0.269 e. The van der Waals surface area contributed by atoms with Gasteiger partial charge in [0.05, 0.1) is 22.0 Å². The summed E-state index contributed by atoms with van der Waals surface area (Å²) in [4.78, 5) is 21.2. The van der Waals surface area contributed by atoms with Gasteiger partial charge in [-0.25, -0.2) is 0 Å². The van der Waals surface area contributed by atoms with E-state index in [1.54, 1.807) is 19.1 Å². The lowest BCUT2D eigenvalue weighted by molar-refractivity contribution is -0.384. The van der Waals surface area contributed by atoms with Crippen molar-refractivity contribution in [2.45, 2.75) is 13.5 Å². The van der Waals surface area contributed by atoms with E-state index in [2.05, 4.69) is 15.9 Å². The normalized spacial score (nSPS) is 10.2. The van der Waals surface area contributed by atoms with Crippen LogP contribution >= 0.6 is 15.9 Å². The number of hydrogen-bond donors (Lipinski definition) is 0. The third-order valence-corrected chi connectivity index (χ3v) is 3.66. The number of benzene rings is 2. The molecule has 126 valence electrons. The van der Waals surface area contributed by atoms with Crippen molar-refractivity contribution in [1.82, 2.24) is 0 Å². The molecule has 0 aliphatic heterocycles. The van der Waals surface area contributed by atoms with Crippen LogP contribution in [-0.2, 0) is 6.61 Å². The van der Waals surface area contributed by atoms with Crippen molar-refractivity contribution in [3.63, 3.8) is 0 Å². The number of nitro benzene ring substituents is 1. The van der Waals surface area contributed by atoms with Crippen LogP contribution in [0.3, 0.4) is 0 Å². The topological polar surface area (TPSA) is 102 Å². The summed E-state index contributed by atoms with van der Waals surface area (Å²) < 4.78 is 11.5. The molecule has 0 radical (unpaired) electrons. The molecule has 0 aliphatic rings. The van der Waals surface area contributed by atoms with Crippen molar-refractivity contribution in [1.29, 1.82) is 0 Å². The summed E-state index contributed by atoms with van der Waals surface area (Å²) in [6.45, 7) is 2.23. The fraction of sp³-hybridized carbons (Fsp3) is 0.188. The molecule has 0 amide bonds. The predicted octanol–water partition coefficient (Wildman–Crippen LogP) is 2.70. The molecule has 0 saturated carbocycles. The fourth-order valence-corrected chi connectivity index (χ4v) is 2.51. The molecule has 0 aliphatic carbocycles. The van der Waals surface area contributed by atoms with E-state index in [4.69, 9.17) is 9.47 Å². The summed E-state index contributed by atoms with van der Waals surface area (Å²) in [6.07, 6.45) is 0. The second kappa shape index (κ2) is 7.78. The maximum atomic E-state index is 11.0. The first kappa shape index (κ1) is 17.7. The molecule has 24 heavy (non-hydrogen) atoms. The van der Waals surface area contributed by atoms with Crippen LogP contribution in [0, 0.1) is 10.1 Å². The second-order valence-corrected chi connectivity index (χ2v) is 5.57. The molecule has 7 nitrogen and oxygen atoms in total. The van der Waals surface area contributed by atoms with E-state index >= 15 is 0 Å². The highest BCUT2D eigenvalue weighted by Crippen LogP contribution is 2.37. The number of ether oxygens (including phenoxy) is 2. The van der Waals surface area contributed by atoms with Gasteiger partial charge in [0.1, 0.15) is 6.61 Å². The summed E-state index contributed by atoms with van der Waals surface area (Å²) in [7, 11) is 0. The van der Waals surface area contributed by atoms with Crippen LogP contribution in [0.25, 0.3) is 0 Å². The first-order chi connectivity index (χ1) is 11.4. The molecule has 2 aromatic rings. The number of carboxylic acid groups (broad SMARTS) is 1. The fourth-order valence-electron chi connectivity index (χ4n) is 1.96. The Morgan fingerprint density at radius 1 is 1.21 bits per heavy atom. The van der Waals surface area contributed by atoms with Gasteiger partial charge in [0, 0.05) is 17.7 Å². The summed E-state index contributed by atoms with van der Waals surface area (Å²) in [6, 6.07) is 8.63. The minimum atomic E-state index is -1.32. The quantitative estimate of drug-likeness (QED) is 0.528. The van der Waals surface area contributed by atoms with Gasteiger partial charge < -0.3 is 19.4 Å². The lowest BCUT2D eigenvalue weighted by Crippen LogP contribution is -2.22. The van der Waals surface area contributed by atoms with Crippen LogP contribution in [0.4, 0.5) is 5.69 Å². The first-order valence-electron chi connectivity index (χ1n) is 6.96. The number of carbonyl (C=O) groups is 1. The van der Waals surface area contributed by atoms with E-state index in [1.165, 1.54) is 24.3 Å². The third kappa shape index (κ3) is 4.23. The lowest BCUT2D eigenvalue weighted by atomic mass is 10.2. The van der Waals surface area contributed by atoms with E-state index in [0.29, 0.717) is 16.8 Å². The Balaban J connectivity index is 2.21. The number of non-ortho nitro benzene ring substituents is 1. The minimum absolute atomic E-state index is 0.00625. The SMILES string of the molecule is CCOc1cc(C(=O)[O-])cc(Br)c1OCc1ccc([N+](=O)[O-])cc1. The Morgan fingerprint density at radius 3 is 2.42 bits per heavy atom. The van der Waals surface area contributed by atoms with Gasteiger partial charge in [-0.1, -0.05) is 0 Å². The monoisotopic (exact) mass is 394 g/mol. The molecule has 0 unspecified atom stereocenters. The van der Waals surface area contributed by atoms with Crippen molar-refractivity contribution in [3.8, 4) is 11.5 Å². The van der Waals surface area contributed by atoms with Crippen LogP contribution in [0.2, 0.25) is 0 Å². The highest BCUT2D eigenvalue weighted by molar-refractivity contribution is 9.10. The van der Waals surface area contributed by atoms with E-state index in [9.17, 15) is 20.0 Å². The predicted molar refractivity (Wildman–Crippen MR) is 87.1 cm³/mol. The highest BCUT2D eigenvalue weighted by atomic mass is 79.9. The Morgan fingerprint density at radius 2 is 1.88 bits per heavy atom. The Hall–Kier alpha value is -2.61. The molecule has 0 aromatic heterocycles. The minimum Gasteiger partial charge on any atom is -0.545 e. The first-order valence-corrected chi connectivity index (χ1v) is 7.75. The van der Waals surface area contributed by atoms with E-state index < -0.39 is 10.9 Å². The van der Waals surface area contributed by atoms with Crippen molar-refractivity contribution < 1.29 is 24.3 Å². The molecular weight excluding hydrogens is 382 g/mol. The number of rotatable bonds is 7. The van der Waals surface area contributed by atoms with Gasteiger partial charge in [-0.15, -0.1) is 0 Å². The third-order valence-electron chi connectivity index (χ3n) is 3.08. The summed E-state index contributed by atoms with van der Waals surface area (Å²) in [5.41, 5.74) is 0.681. The summed E-state index contributed by atoms with van der Waals surface area (Å²) >= 11 is 3.26. The standard InChI is InChI=1S/C16H14BrNO6/c1-2-23-14-8-11(16(19)20)7-13(17)15(14)24-9-10-3-5-12(6-4-10)18(21)22/h3-8H,2,9H2,1H3,(H,19,20)/p-1.